The van der Waals surface area contributed by atoms with Crippen molar-refractivity contribution in [2.75, 3.05) is 6.54 Å². The van der Waals surface area contributed by atoms with Gasteiger partial charge in [0.2, 0.25) is 5.91 Å². The molecule has 2 aromatic carbocycles. The SMILES string of the molecule is NC(=O)c1ccc(CN2CC[C@H]2c2ccccc2F)c([N+](=O)[O-])c1. The lowest BCUT2D eigenvalue weighted by atomic mass is 9.93. The third-order valence-electron chi connectivity index (χ3n) is 4.33. The molecule has 124 valence electrons. The number of primary amides is 1. The molecule has 0 saturated carbocycles. The molecule has 1 aliphatic rings. The Labute approximate surface area is 137 Å². The number of benzene rings is 2. The van der Waals surface area contributed by atoms with Gasteiger partial charge in [-0.1, -0.05) is 24.3 Å². The zero-order valence-corrected chi connectivity index (χ0v) is 12.8. The molecule has 1 saturated heterocycles. The van der Waals surface area contributed by atoms with Crippen LogP contribution < -0.4 is 5.73 Å². The number of rotatable bonds is 5. The lowest BCUT2D eigenvalue weighted by Crippen LogP contribution is -2.40. The van der Waals surface area contributed by atoms with Crippen molar-refractivity contribution in [1.29, 1.82) is 0 Å². The van der Waals surface area contributed by atoms with Crippen molar-refractivity contribution < 1.29 is 14.1 Å². The highest BCUT2D eigenvalue weighted by molar-refractivity contribution is 5.93. The number of nitro benzene ring substituents is 1. The number of nitro groups is 1. The summed E-state index contributed by atoms with van der Waals surface area (Å²) in [5.74, 6) is -0.983. The van der Waals surface area contributed by atoms with Crippen LogP contribution in [-0.4, -0.2) is 22.3 Å². The van der Waals surface area contributed by atoms with Gasteiger partial charge in [0.1, 0.15) is 5.82 Å². The summed E-state index contributed by atoms with van der Waals surface area (Å²) in [4.78, 5) is 23.9. The second-order valence-corrected chi connectivity index (χ2v) is 5.76. The van der Waals surface area contributed by atoms with Crippen molar-refractivity contribution in [1.82, 2.24) is 4.90 Å². The number of hydrogen-bond acceptors (Lipinski definition) is 4. The average Bonchev–Trinajstić information content (AvgIpc) is 2.53. The van der Waals surface area contributed by atoms with E-state index in [4.69, 9.17) is 5.73 Å². The van der Waals surface area contributed by atoms with Crippen LogP contribution in [0.4, 0.5) is 10.1 Å². The van der Waals surface area contributed by atoms with E-state index in [1.54, 1.807) is 18.2 Å². The van der Waals surface area contributed by atoms with Gasteiger partial charge in [-0.2, -0.15) is 0 Å². The number of hydrogen-bond donors (Lipinski definition) is 1. The Morgan fingerprint density at radius 1 is 1.33 bits per heavy atom. The van der Waals surface area contributed by atoms with Gasteiger partial charge >= 0.3 is 0 Å². The van der Waals surface area contributed by atoms with Gasteiger partial charge in [0.15, 0.2) is 0 Å². The largest absolute Gasteiger partial charge is 0.366 e. The van der Waals surface area contributed by atoms with Gasteiger partial charge in [0.05, 0.1) is 4.92 Å². The minimum Gasteiger partial charge on any atom is -0.366 e. The maximum atomic E-state index is 13.9. The average molecular weight is 329 g/mol. The van der Waals surface area contributed by atoms with Gasteiger partial charge in [0.25, 0.3) is 5.69 Å². The summed E-state index contributed by atoms with van der Waals surface area (Å²) in [6.45, 7) is 1.04. The van der Waals surface area contributed by atoms with Gasteiger partial charge in [-0.25, -0.2) is 4.39 Å². The minimum atomic E-state index is -0.710. The van der Waals surface area contributed by atoms with Crippen molar-refractivity contribution in [3.63, 3.8) is 0 Å². The lowest BCUT2D eigenvalue weighted by molar-refractivity contribution is -0.385. The summed E-state index contributed by atoms with van der Waals surface area (Å²) < 4.78 is 13.9. The molecule has 1 amide bonds. The minimum absolute atomic E-state index is 0.0957. The first-order chi connectivity index (χ1) is 11.5. The Kier molecular flexibility index (Phi) is 4.26. The molecule has 0 aromatic heterocycles. The van der Waals surface area contributed by atoms with E-state index in [0.29, 0.717) is 17.7 Å². The number of amides is 1. The van der Waals surface area contributed by atoms with Gasteiger partial charge in [-0.3, -0.25) is 19.8 Å². The fourth-order valence-electron chi connectivity index (χ4n) is 2.97. The van der Waals surface area contributed by atoms with E-state index < -0.39 is 10.8 Å². The van der Waals surface area contributed by atoms with Crippen LogP contribution in [0, 0.1) is 15.9 Å². The van der Waals surface area contributed by atoms with Crippen LogP contribution in [0.1, 0.15) is 33.9 Å². The summed E-state index contributed by atoms with van der Waals surface area (Å²) in [6.07, 6.45) is 0.800. The van der Waals surface area contributed by atoms with Gasteiger partial charge in [-0.15, -0.1) is 0 Å². The molecule has 0 radical (unpaired) electrons. The van der Waals surface area contributed by atoms with Gasteiger partial charge in [0, 0.05) is 41.9 Å². The Balaban J connectivity index is 1.85. The van der Waals surface area contributed by atoms with Crippen LogP contribution in [0.5, 0.6) is 0 Å². The molecule has 24 heavy (non-hydrogen) atoms. The fourth-order valence-corrected chi connectivity index (χ4v) is 2.97. The second-order valence-electron chi connectivity index (χ2n) is 5.76. The van der Waals surface area contributed by atoms with Crippen LogP contribution in [0.3, 0.4) is 0 Å². The molecule has 1 atom stereocenters. The van der Waals surface area contributed by atoms with E-state index in [-0.39, 0.29) is 23.1 Å². The molecule has 1 fully saturated rings. The van der Waals surface area contributed by atoms with Crippen LogP contribution in [0.15, 0.2) is 42.5 Å². The molecule has 2 N–H and O–H groups in total. The van der Waals surface area contributed by atoms with E-state index in [2.05, 4.69) is 0 Å². The fraction of sp³-hybridized carbons (Fsp3) is 0.235. The number of carbonyl (C=O) groups is 1. The van der Waals surface area contributed by atoms with Crippen LogP contribution in [0.2, 0.25) is 0 Å². The molecule has 2 aromatic rings. The first kappa shape index (κ1) is 16.1. The summed E-state index contributed by atoms with van der Waals surface area (Å²) in [5, 5.41) is 11.3. The number of halogens is 1. The molecule has 7 heteroatoms. The van der Waals surface area contributed by atoms with E-state index in [1.165, 1.54) is 24.3 Å². The van der Waals surface area contributed by atoms with Crippen molar-refractivity contribution in [2.45, 2.75) is 19.0 Å². The molecule has 0 aliphatic carbocycles. The molecule has 3 rings (SSSR count). The normalized spacial score (nSPS) is 17.3. The monoisotopic (exact) mass is 329 g/mol. The lowest BCUT2D eigenvalue weighted by Gasteiger charge is -2.41. The van der Waals surface area contributed by atoms with Crippen molar-refractivity contribution in [3.8, 4) is 0 Å². The van der Waals surface area contributed by atoms with Gasteiger partial charge < -0.3 is 5.73 Å². The number of carbonyl (C=O) groups excluding carboxylic acids is 1. The highest BCUT2D eigenvalue weighted by atomic mass is 19.1. The molecule has 0 spiro atoms. The van der Waals surface area contributed by atoms with Crippen LogP contribution in [-0.2, 0) is 6.54 Å². The van der Waals surface area contributed by atoms with Crippen molar-refractivity contribution in [2.24, 2.45) is 5.73 Å². The van der Waals surface area contributed by atoms with Crippen LogP contribution >= 0.6 is 0 Å². The smallest absolute Gasteiger partial charge is 0.274 e. The Hall–Kier alpha value is -2.80. The number of nitrogens with two attached hydrogens (primary N) is 1. The third kappa shape index (κ3) is 2.98. The third-order valence-corrected chi connectivity index (χ3v) is 4.33. The highest BCUT2D eigenvalue weighted by Crippen LogP contribution is 2.37. The summed E-state index contributed by atoms with van der Waals surface area (Å²) in [6, 6.07) is 10.7. The molecule has 6 nitrogen and oxygen atoms in total. The quantitative estimate of drug-likeness (QED) is 0.674. The maximum absolute atomic E-state index is 13.9. The van der Waals surface area contributed by atoms with E-state index >= 15 is 0 Å². The molecule has 0 bridgehead atoms. The second kappa shape index (κ2) is 6.37. The molecular weight excluding hydrogens is 313 g/mol. The predicted octanol–water partition coefficient (Wildman–Crippen LogP) is 2.78. The van der Waals surface area contributed by atoms with E-state index in [0.717, 1.165) is 13.0 Å². The molecular formula is C17H16FN3O3. The van der Waals surface area contributed by atoms with E-state index in [9.17, 15) is 19.3 Å². The first-order valence-corrected chi connectivity index (χ1v) is 7.53. The van der Waals surface area contributed by atoms with Gasteiger partial charge in [-0.05, 0) is 18.6 Å². The summed E-state index contributed by atoms with van der Waals surface area (Å²) in [7, 11) is 0. The predicted molar refractivity (Wildman–Crippen MR) is 85.8 cm³/mol. The Morgan fingerprint density at radius 3 is 2.67 bits per heavy atom. The standard InChI is InChI=1S/C17H16FN3O3/c18-14-4-2-1-3-13(14)15-7-8-20(15)10-12-6-5-11(17(19)22)9-16(12)21(23)24/h1-6,9,15H,7-8,10H2,(H2,19,22)/t15-/m0/s1. The molecule has 1 heterocycles. The topological polar surface area (TPSA) is 89.5 Å². The van der Waals surface area contributed by atoms with Crippen LogP contribution in [0.25, 0.3) is 0 Å². The Bertz CT molecular complexity index is 809. The number of likely N-dealkylation sites (tertiary alicyclic amines) is 1. The zero-order valence-electron chi connectivity index (χ0n) is 12.8. The number of nitrogens with zero attached hydrogens (tertiary/aromatic N) is 2. The summed E-state index contributed by atoms with van der Waals surface area (Å²) in [5.41, 5.74) is 6.20. The van der Waals surface area contributed by atoms with Crippen molar-refractivity contribution >= 4 is 11.6 Å². The zero-order chi connectivity index (χ0) is 17.3. The first-order valence-electron chi connectivity index (χ1n) is 7.53. The maximum Gasteiger partial charge on any atom is 0.274 e. The van der Waals surface area contributed by atoms with Crippen molar-refractivity contribution in [3.05, 3.63) is 75.1 Å². The Morgan fingerprint density at radius 2 is 2.08 bits per heavy atom. The highest BCUT2D eigenvalue weighted by Gasteiger charge is 2.32. The molecule has 1 aliphatic heterocycles. The molecule has 0 unspecified atom stereocenters. The summed E-state index contributed by atoms with van der Waals surface area (Å²) >= 11 is 0. The van der Waals surface area contributed by atoms with E-state index in [1.807, 2.05) is 4.90 Å².